The second-order valence-corrected chi connectivity index (χ2v) is 6.76. The van der Waals surface area contributed by atoms with Gasteiger partial charge >= 0.3 is 0 Å². The van der Waals surface area contributed by atoms with E-state index in [9.17, 15) is 4.39 Å². The van der Waals surface area contributed by atoms with Crippen LogP contribution in [-0.2, 0) is 0 Å². The molecule has 2 aliphatic rings. The number of ether oxygens (including phenoxy) is 2. The van der Waals surface area contributed by atoms with Gasteiger partial charge in [0.05, 0.1) is 18.9 Å². The average Bonchev–Trinajstić information content (AvgIpc) is 3.38. The van der Waals surface area contributed by atoms with E-state index in [-0.39, 0.29) is 11.9 Å². The SMILES string of the molecule is CCOc1cccc2c1O[C@@H](c1cccc(F)c1)N1N=C(c3ccco3)C[C@H]21. The van der Waals surface area contributed by atoms with Crippen molar-refractivity contribution in [3.05, 3.63) is 83.6 Å². The van der Waals surface area contributed by atoms with Gasteiger partial charge in [0.15, 0.2) is 11.5 Å². The van der Waals surface area contributed by atoms with Crippen LogP contribution in [0.2, 0.25) is 0 Å². The van der Waals surface area contributed by atoms with Crippen LogP contribution in [0.25, 0.3) is 0 Å². The zero-order valence-electron chi connectivity index (χ0n) is 15.3. The second-order valence-electron chi connectivity index (χ2n) is 6.76. The Morgan fingerprint density at radius 2 is 2.07 bits per heavy atom. The molecule has 28 heavy (non-hydrogen) atoms. The smallest absolute Gasteiger partial charge is 0.214 e. The Labute approximate surface area is 162 Å². The van der Waals surface area contributed by atoms with Crippen molar-refractivity contribution >= 4 is 5.71 Å². The molecule has 3 heterocycles. The molecule has 2 atom stereocenters. The lowest BCUT2D eigenvalue weighted by molar-refractivity contribution is -0.0214. The van der Waals surface area contributed by atoms with Crippen LogP contribution in [0.1, 0.15) is 42.5 Å². The quantitative estimate of drug-likeness (QED) is 0.637. The first-order valence-corrected chi connectivity index (χ1v) is 9.32. The summed E-state index contributed by atoms with van der Waals surface area (Å²) in [5.41, 5.74) is 2.55. The fraction of sp³-hybridized carbons (Fsp3) is 0.227. The van der Waals surface area contributed by atoms with Crippen molar-refractivity contribution < 1.29 is 18.3 Å². The summed E-state index contributed by atoms with van der Waals surface area (Å²) in [5.74, 6) is 1.80. The molecular weight excluding hydrogens is 359 g/mol. The molecule has 2 aromatic carbocycles. The molecule has 0 aliphatic carbocycles. The number of halogens is 1. The molecule has 0 radical (unpaired) electrons. The molecule has 5 rings (SSSR count). The average molecular weight is 378 g/mol. The number of furan rings is 1. The summed E-state index contributed by atoms with van der Waals surface area (Å²) in [6.07, 6.45) is 1.75. The minimum absolute atomic E-state index is 0.0440. The normalized spacial score (nSPS) is 20.2. The third kappa shape index (κ3) is 2.72. The maximum Gasteiger partial charge on any atom is 0.214 e. The Hall–Kier alpha value is -3.28. The molecule has 1 aromatic heterocycles. The highest BCUT2D eigenvalue weighted by atomic mass is 19.1. The van der Waals surface area contributed by atoms with Crippen molar-refractivity contribution in [2.45, 2.75) is 25.6 Å². The molecule has 0 amide bonds. The number of fused-ring (bicyclic) bond motifs is 3. The summed E-state index contributed by atoms with van der Waals surface area (Å²) in [7, 11) is 0. The maximum atomic E-state index is 13.9. The van der Waals surface area contributed by atoms with Crippen molar-refractivity contribution in [1.29, 1.82) is 0 Å². The maximum absolute atomic E-state index is 13.9. The van der Waals surface area contributed by atoms with Crippen molar-refractivity contribution in [3.8, 4) is 11.5 Å². The number of benzene rings is 2. The number of hydrogen-bond acceptors (Lipinski definition) is 5. The molecule has 0 fully saturated rings. The first kappa shape index (κ1) is 16.9. The van der Waals surface area contributed by atoms with Crippen LogP contribution in [0.15, 0.2) is 70.4 Å². The van der Waals surface area contributed by atoms with Gasteiger partial charge in [-0.2, -0.15) is 5.10 Å². The molecule has 5 nitrogen and oxygen atoms in total. The minimum atomic E-state index is -0.553. The zero-order valence-corrected chi connectivity index (χ0v) is 15.3. The van der Waals surface area contributed by atoms with E-state index in [1.807, 2.05) is 48.3 Å². The molecule has 0 bridgehead atoms. The van der Waals surface area contributed by atoms with Crippen LogP contribution < -0.4 is 9.47 Å². The number of para-hydroxylation sites is 1. The van der Waals surface area contributed by atoms with E-state index in [1.54, 1.807) is 12.3 Å². The lowest BCUT2D eigenvalue weighted by atomic mass is 9.97. The summed E-state index contributed by atoms with van der Waals surface area (Å²) < 4.78 is 31.6. The molecule has 6 heteroatoms. The van der Waals surface area contributed by atoms with E-state index < -0.39 is 6.23 Å². The first-order chi connectivity index (χ1) is 13.7. The standard InChI is InChI=1S/C22H19FN2O3/c1-2-26-20-9-4-8-16-18-13-17(19-10-5-11-27-19)24-25(18)22(28-21(16)20)14-6-3-7-15(23)12-14/h3-12,18,22H,2,13H2,1H3/t18-,22+/m1/s1. The summed E-state index contributed by atoms with van der Waals surface area (Å²) in [4.78, 5) is 0. The number of nitrogens with zero attached hydrogens (tertiary/aromatic N) is 2. The summed E-state index contributed by atoms with van der Waals surface area (Å²) in [5, 5.41) is 6.68. The van der Waals surface area contributed by atoms with Crippen molar-refractivity contribution in [1.82, 2.24) is 5.01 Å². The third-order valence-electron chi connectivity index (χ3n) is 5.02. The Morgan fingerprint density at radius 1 is 1.18 bits per heavy atom. The van der Waals surface area contributed by atoms with Gasteiger partial charge in [-0.05, 0) is 37.3 Å². The largest absolute Gasteiger partial charge is 0.490 e. The fourth-order valence-corrected chi connectivity index (χ4v) is 3.82. The van der Waals surface area contributed by atoms with Gasteiger partial charge < -0.3 is 13.9 Å². The Bertz CT molecular complexity index is 1030. The van der Waals surface area contributed by atoms with Gasteiger partial charge in [0.1, 0.15) is 17.3 Å². The Kier molecular flexibility index (Phi) is 4.04. The molecule has 0 saturated heterocycles. The van der Waals surface area contributed by atoms with Crippen LogP contribution in [0.3, 0.4) is 0 Å². The first-order valence-electron chi connectivity index (χ1n) is 9.32. The monoisotopic (exact) mass is 378 g/mol. The topological polar surface area (TPSA) is 47.2 Å². The van der Waals surface area contributed by atoms with Crippen LogP contribution in [0.5, 0.6) is 11.5 Å². The molecule has 0 N–H and O–H groups in total. The molecule has 0 unspecified atom stereocenters. The van der Waals surface area contributed by atoms with Crippen LogP contribution in [0.4, 0.5) is 4.39 Å². The van der Waals surface area contributed by atoms with Gasteiger partial charge in [0.25, 0.3) is 0 Å². The highest BCUT2D eigenvalue weighted by molar-refractivity contribution is 5.99. The molecule has 142 valence electrons. The van der Waals surface area contributed by atoms with Crippen molar-refractivity contribution in [2.24, 2.45) is 5.10 Å². The Morgan fingerprint density at radius 3 is 2.86 bits per heavy atom. The minimum Gasteiger partial charge on any atom is -0.490 e. The van der Waals surface area contributed by atoms with E-state index in [2.05, 4.69) is 0 Å². The lowest BCUT2D eigenvalue weighted by Crippen LogP contribution is -2.34. The summed E-state index contributed by atoms with van der Waals surface area (Å²) in [6.45, 7) is 2.47. The van der Waals surface area contributed by atoms with Crippen LogP contribution >= 0.6 is 0 Å². The van der Waals surface area contributed by atoms with Crippen LogP contribution in [0, 0.1) is 5.82 Å². The van der Waals surface area contributed by atoms with E-state index in [0.29, 0.717) is 30.1 Å². The highest BCUT2D eigenvalue weighted by Crippen LogP contribution is 2.50. The number of hydrogen-bond donors (Lipinski definition) is 0. The Balaban J connectivity index is 1.63. The van der Waals surface area contributed by atoms with E-state index in [1.165, 1.54) is 12.1 Å². The van der Waals surface area contributed by atoms with Crippen molar-refractivity contribution in [2.75, 3.05) is 6.61 Å². The van der Waals surface area contributed by atoms with Gasteiger partial charge in [0, 0.05) is 17.5 Å². The van der Waals surface area contributed by atoms with Gasteiger partial charge in [-0.15, -0.1) is 0 Å². The van der Waals surface area contributed by atoms with E-state index in [4.69, 9.17) is 19.0 Å². The fourth-order valence-electron chi connectivity index (χ4n) is 3.82. The predicted molar refractivity (Wildman–Crippen MR) is 102 cm³/mol. The highest BCUT2D eigenvalue weighted by Gasteiger charge is 2.42. The van der Waals surface area contributed by atoms with Crippen LogP contribution in [-0.4, -0.2) is 17.3 Å². The van der Waals surface area contributed by atoms with E-state index in [0.717, 1.165) is 17.0 Å². The molecule has 0 saturated carbocycles. The lowest BCUT2D eigenvalue weighted by Gasteiger charge is -2.38. The third-order valence-corrected chi connectivity index (χ3v) is 5.02. The molecule has 0 spiro atoms. The second kappa shape index (κ2) is 6.71. The summed E-state index contributed by atoms with van der Waals surface area (Å²) >= 11 is 0. The number of hydrazone groups is 1. The van der Waals surface area contributed by atoms with Gasteiger partial charge in [0.2, 0.25) is 6.23 Å². The van der Waals surface area contributed by atoms with Gasteiger partial charge in [-0.1, -0.05) is 24.3 Å². The molecule has 3 aromatic rings. The molecular formula is C22H19FN2O3. The number of rotatable bonds is 4. The van der Waals surface area contributed by atoms with Crippen molar-refractivity contribution in [3.63, 3.8) is 0 Å². The van der Waals surface area contributed by atoms with Gasteiger partial charge in [-0.3, -0.25) is 0 Å². The predicted octanol–water partition coefficient (Wildman–Crippen LogP) is 5.06. The molecule has 2 aliphatic heterocycles. The summed E-state index contributed by atoms with van der Waals surface area (Å²) in [6, 6.07) is 16.0. The van der Waals surface area contributed by atoms with E-state index >= 15 is 0 Å². The zero-order chi connectivity index (χ0) is 19.1. The van der Waals surface area contributed by atoms with Gasteiger partial charge in [-0.25, -0.2) is 9.40 Å².